The third-order valence-electron chi connectivity index (χ3n) is 5.79. The number of nitro groups is 1. The summed E-state index contributed by atoms with van der Waals surface area (Å²) in [6.45, 7) is 3.91. The minimum atomic E-state index is -0.740. The fourth-order valence-electron chi connectivity index (χ4n) is 4.19. The first-order valence-corrected chi connectivity index (χ1v) is 13.0. The average Bonchev–Trinajstić information content (AvgIpc) is 3.34. The fourth-order valence-corrected chi connectivity index (χ4v) is 5.25. The topological polar surface area (TPSA) is 165 Å². The Labute approximate surface area is 231 Å². The van der Waals surface area contributed by atoms with Gasteiger partial charge in [-0.2, -0.15) is 5.26 Å². The van der Waals surface area contributed by atoms with E-state index in [-0.39, 0.29) is 40.9 Å². The van der Waals surface area contributed by atoms with Gasteiger partial charge in [0.1, 0.15) is 16.5 Å². The Hall–Kier alpha value is -5.35. The van der Waals surface area contributed by atoms with Crippen molar-refractivity contribution < 1.29 is 19.2 Å². The lowest BCUT2D eigenvalue weighted by Gasteiger charge is -2.12. The van der Waals surface area contributed by atoms with Crippen molar-refractivity contribution in [1.82, 2.24) is 20.4 Å². The molecule has 40 heavy (non-hydrogen) atoms. The number of fused-ring (bicyclic) bond motifs is 3. The zero-order valence-electron chi connectivity index (χ0n) is 21.3. The molecule has 2 N–H and O–H groups in total. The number of para-hydroxylation sites is 1. The van der Waals surface area contributed by atoms with Gasteiger partial charge in [-0.05, 0) is 25.5 Å². The maximum absolute atomic E-state index is 12.1. The van der Waals surface area contributed by atoms with Gasteiger partial charge < -0.3 is 9.47 Å². The molecule has 0 bridgehead atoms. The van der Waals surface area contributed by atoms with Crippen molar-refractivity contribution >= 4 is 49.4 Å². The number of nitrogens with zero attached hydrogens (tertiary/aromatic N) is 5. The highest BCUT2D eigenvalue weighted by atomic mass is 32.1. The molecule has 3 aromatic heterocycles. The first-order valence-electron chi connectivity index (χ1n) is 12.2. The van der Waals surface area contributed by atoms with Gasteiger partial charge in [0.15, 0.2) is 11.6 Å². The van der Waals surface area contributed by atoms with Crippen molar-refractivity contribution in [3.05, 3.63) is 70.3 Å². The molecule has 0 spiro atoms. The maximum atomic E-state index is 12.1. The third kappa shape index (κ3) is 4.79. The van der Waals surface area contributed by atoms with E-state index in [4.69, 9.17) is 14.5 Å². The summed E-state index contributed by atoms with van der Waals surface area (Å²) in [6, 6.07) is 17.6. The first kappa shape index (κ1) is 26.3. The van der Waals surface area contributed by atoms with Crippen LogP contribution in [0.2, 0.25) is 0 Å². The number of nitro benzene ring substituents is 1. The number of anilines is 1. The predicted octanol–water partition coefficient (Wildman–Crippen LogP) is 5.83. The third-order valence-corrected chi connectivity index (χ3v) is 6.87. The molecule has 0 aliphatic heterocycles. The summed E-state index contributed by atoms with van der Waals surface area (Å²) >= 11 is 1.22. The molecule has 5 rings (SSSR count). The van der Waals surface area contributed by atoms with Crippen molar-refractivity contribution in [1.29, 1.82) is 5.26 Å². The summed E-state index contributed by atoms with van der Waals surface area (Å²) < 4.78 is 11.2. The second-order valence-corrected chi connectivity index (χ2v) is 9.18. The van der Waals surface area contributed by atoms with Crippen LogP contribution in [0.3, 0.4) is 0 Å². The van der Waals surface area contributed by atoms with E-state index in [9.17, 15) is 20.2 Å². The van der Waals surface area contributed by atoms with Gasteiger partial charge in [0.05, 0.1) is 33.9 Å². The SMILES string of the molecule is CCOC(=O)NNc1nc(-c2ccccc2[N+](=O)[O-])nc2c1sc1nc(OCC)c(C#N)c(-c3ccccc3)c12. The summed E-state index contributed by atoms with van der Waals surface area (Å²) in [5.74, 6) is 0.387. The van der Waals surface area contributed by atoms with Gasteiger partial charge in [-0.15, -0.1) is 11.3 Å². The van der Waals surface area contributed by atoms with Crippen molar-refractivity contribution in [2.75, 3.05) is 18.6 Å². The lowest BCUT2D eigenvalue weighted by molar-refractivity contribution is -0.384. The number of pyridine rings is 1. The van der Waals surface area contributed by atoms with E-state index in [1.165, 1.54) is 17.4 Å². The van der Waals surface area contributed by atoms with Gasteiger partial charge in [-0.1, -0.05) is 42.5 Å². The van der Waals surface area contributed by atoms with E-state index in [0.717, 1.165) is 5.56 Å². The highest BCUT2D eigenvalue weighted by molar-refractivity contribution is 7.26. The van der Waals surface area contributed by atoms with E-state index in [2.05, 4.69) is 26.9 Å². The maximum Gasteiger partial charge on any atom is 0.425 e. The molecule has 0 radical (unpaired) electrons. The van der Waals surface area contributed by atoms with Crippen LogP contribution in [0.15, 0.2) is 54.6 Å². The molecule has 0 aliphatic rings. The highest BCUT2D eigenvalue weighted by Gasteiger charge is 2.26. The smallest absolute Gasteiger partial charge is 0.425 e. The molecule has 12 nitrogen and oxygen atoms in total. The Bertz CT molecular complexity index is 1800. The number of ether oxygens (including phenoxy) is 2. The van der Waals surface area contributed by atoms with E-state index in [1.807, 2.05) is 30.3 Å². The normalized spacial score (nSPS) is 10.7. The van der Waals surface area contributed by atoms with Crippen molar-refractivity contribution in [3.8, 4) is 34.5 Å². The summed E-state index contributed by atoms with van der Waals surface area (Å²) in [6.07, 6.45) is -0.740. The zero-order chi connectivity index (χ0) is 28.2. The number of nitriles is 1. The Kier molecular flexibility index (Phi) is 7.34. The number of amides is 1. The number of carbonyl (C=O) groups excluding carboxylic acids is 1. The van der Waals surface area contributed by atoms with Crippen LogP contribution in [-0.4, -0.2) is 39.2 Å². The number of hydrazine groups is 1. The van der Waals surface area contributed by atoms with Gasteiger partial charge in [0, 0.05) is 17.0 Å². The molecule has 3 heterocycles. The second-order valence-electron chi connectivity index (χ2n) is 8.18. The molecule has 1 amide bonds. The van der Waals surface area contributed by atoms with Crippen LogP contribution in [0.1, 0.15) is 19.4 Å². The number of hydrogen-bond donors (Lipinski definition) is 2. The van der Waals surface area contributed by atoms with Crippen molar-refractivity contribution in [2.24, 2.45) is 0 Å². The number of aromatic nitrogens is 3. The fraction of sp³-hybridized carbons (Fsp3) is 0.148. The zero-order valence-corrected chi connectivity index (χ0v) is 22.1. The van der Waals surface area contributed by atoms with E-state index < -0.39 is 11.0 Å². The number of rotatable bonds is 8. The number of carbonyl (C=O) groups is 1. The Morgan fingerprint density at radius 2 is 1.82 bits per heavy atom. The van der Waals surface area contributed by atoms with Crippen LogP contribution in [0.25, 0.3) is 42.9 Å². The van der Waals surface area contributed by atoms with Crippen LogP contribution >= 0.6 is 11.3 Å². The Morgan fingerprint density at radius 3 is 2.52 bits per heavy atom. The molecule has 0 atom stereocenters. The lowest BCUT2D eigenvalue weighted by Crippen LogP contribution is -2.30. The minimum Gasteiger partial charge on any atom is -0.477 e. The number of hydrogen-bond acceptors (Lipinski definition) is 11. The molecule has 2 aromatic carbocycles. The van der Waals surface area contributed by atoms with E-state index in [1.54, 1.807) is 32.0 Å². The highest BCUT2D eigenvalue weighted by Crippen LogP contribution is 2.45. The summed E-state index contributed by atoms with van der Waals surface area (Å²) in [5, 5.41) is 22.6. The monoisotopic (exact) mass is 555 g/mol. The standard InChI is InChI=1S/C27H21N7O5S/c1-3-38-25-17(14-28)19(15-10-6-5-7-11-15)20-21-22(40-26(20)31-25)24(32-33-27(35)39-4-2)30-23(29-21)16-12-8-9-13-18(16)34(36)37/h5-13H,3-4H2,1-2H3,(H,33,35)(H,29,30,32). The van der Waals surface area contributed by atoms with Gasteiger partial charge >= 0.3 is 6.09 Å². The summed E-state index contributed by atoms with van der Waals surface area (Å²) in [7, 11) is 0. The lowest BCUT2D eigenvalue weighted by atomic mass is 9.98. The molecule has 0 aliphatic carbocycles. The quantitative estimate of drug-likeness (QED) is 0.176. The number of nitrogens with one attached hydrogen (secondary N) is 2. The van der Waals surface area contributed by atoms with Crippen molar-refractivity contribution in [2.45, 2.75) is 13.8 Å². The van der Waals surface area contributed by atoms with Crippen LogP contribution in [0.5, 0.6) is 5.88 Å². The average molecular weight is 556 g/mol. The van der Waals surface area contributed by atoms with E-state index in [0.29, 0.717) is 32.6 Å². The molecular weight excluding hydrogens is 534 g/mol. The predicted molar refractivity (Wildman–Crippen MR) is 150 cm³/mol. The van der Waals surface area contributed by atoms with Gasteiger partial charge in [0.2, 0.25) is 5.88 Å². The second kappa shape index (κ2) is 11.2. The first-order chi connectivity index (χ1) is 19.5. The largest absolute Gasteiger partial charge is 0.477 e. The van der Waals surface area contributed by atoms with Crippen LogP contribution < -0.4 is 15.6 Å². The minimum absolute atomic E-state index is 0.0408. The Morgan fingerprint density at radius 1 is 1.07 bits per heavy atom. The molecular formula is C27H21N7O5S. The Balaban J connectivity index is 1.88. The summed E-state index contributed by atoms with van der Waals surface area (Å²) in [5.41, 5.74) is 7.08. The van der Waals surface area contributed by atoms with Gasteiger partial charge in [-0.25, -0.2) is 25.2 Å². The van der Waals surface area contributed by atoms with Crippen LogP contribution in [-0.2, 0) is 4.74 Å². The molecule has 0 saturated carbocycles. The molecule has 0 unspecified atom stereocenters. The summed E-state index contributed by atoms with van der Waals surface area (Å²) in [4.78, 5) is 37.8. The van der Waals surface area contributed by atoms with Crippen LogP contribution in [0.4, 0.5) is 16.3 Å². The van der Waals surface area contributed by atoms with Gasteiger partial charge in [-0.3, -0.25) is 15.5 Å². The molecule has 13 heteroatoms. The molecule has 0 saturated heterocycles. The number of benzene rings is 2. The molecule has 200 valence electrons. The van der Waals surface area contributed by atoms with Crippen LogP contribution in [0, 0.1) is 21.4 Å². The molecule has 0 fully saturated rings. The van der Waals surface area contributed by atoms with E-state index >= 15 is 0 Å². The van der Waals surface area contributed by atoms with Crippen molar-refractivity contribution in [3.63, 3.8) is 0 Å². The molecule has 5 aromatic rings. The van der Waals surface area contributed by atoms with Gasteiger partial charge in [0.25, 0.3) is 5.69 Å². The number of thiophene rings is 1.